The molecular formula is C5H4BrN. The van der Waals surface area contributed by atoms with E-state index >= 15 is 0 Å². The first kappa shape index (κ1) is 2.27. The van der Waals surface area contributed by atoms with Gasteiger partial charge in [-0.1, -0.05) is 0 Å². The molecule has 0 unspecified atom stereocenters. The van der Waals surface area contributed by atoms with Gasteiger partial charge < -0.3 is 0 Å². The highest BCUT2D eigenvalue weighted by Crippen LogP contribution is 2.02. The van der Waals surface area contributed by atoms with Crippen molar-refractivity contribution in [1.29, 1.82) is 0 Å². The fourth-order valence-electron chi connectivity index (χ4n) is 0.245. The highest BCUT2D eigenvalue weighted by molar-refractivity contribution is 9.10. The average molecular weight is 161 g/mol. The van der Waals surface area contributed by atoms with Crippen LogP contribution in [0.1, 0.15) is 4.11 Å². The summed E-state index contributed by atoms with van der Waals surface area (Å²) >= 11 is 2.97. The summed E-state index contributed by atoms with van der Waals surface area (Å²) in [6, 6.07) is 0.0443. The first-order valence-electron chi connectivity index (χ1n) is 3.21. The van der Waals surface area contributed by atoms with Gasteiger partial charge in [-0.3, -0.25) is 4.98 Å². The van der Waals surface area contributed by atoms with E-state index in [1.807, 2.05) is 0 Å². The molecule has 7 heavy (non-hydrogen) atoms. The van der Waals surface area contributed by atoms with Crippen LogP contribution in [0.25, 0.3) is 0 Å². The molecule has 0 N–H and O–H groups in total. The van der Waals surface area contributed by atoms with Crippen LogP contribution in [0.3, 0.4) is 0 Å². The van der Waals surface area contributed by atoms with E-state index in [2.05, 4.69) is 20.9 Å². The van der Waals surface area contributed by atoms with Gasteiger partial charge in [-0.05, 0) is 28.0 Å². The van der Waals surface area contributed by atoms with Crippen molar-refractivity contribution < 1.29 is 4.11 Å². The van der Waals surface area contributed by atoms with Crippen molar-refractivity contribution in [2.24, 2.45) is 0 Å². The van der Waals surface area contributed by atoms with Gasteiger partial charge in [0.15, 0.2) is 0 Å². The number of halogens is 1. The third-order valence-electron chi connectivity index (χ3n) is 0.474. The van der Waals surface area contributed by atoms with E-state index < -0.39 is 0 Å². The van der Waals surface area contributed by atoms with Crippen molar-refractivity contribution in [3.05, 3.63) is 28.9 Å². The van der Waals surface area contributed by atoms with Gasteiger partial charge >= 0.3 is 0 Å². The molecule has 0 saturated heterocycles. The van der Waals surface area contributed by atoms with Gasteiger partial charge in [0.2, 0.25) is 0 Å². The summed E-state index contributed by atoms with van der Waals surface area (Å²) in [6.45, 7) is 0. The number of hydrogen-bond donors (Lipinski definition) is 0. The molecule has 36 valence electrons. The molecule has 1 nitrogen and oxygen atoms in total. The predicted octanol–water partition coefficient (Wildman–Crippen LogP) is 1.84. The molecule has 0 amide bonds. The fraction of sp³-hybridized carbons (Fsp3) is 0. The molecule has 0 spiro atoms. The minimum absolute atomic E-state index is 0.000926. The second kappa shape index (κ2) is 2.07. The average Bonchev–Trinajstić information content (AvgIpc) is 1.93. The van der Waals surface area contributed by atoms with Crippen molar-refractivity contribution in [2.45, 2.75) is 0 Å². The molecule has 0 aliphatic carbocycles. The van der Waals surface area contributed by atoms with Crippen molar-refractivity contribution in [2.75, 3.05) is 0 Å². The zero-order valence-electron chi connectivity index (χ0n) is 6.40. The van der Waals surface area contributed by atoms with E-state index in [-0.39, 0.29) is 22.7 Å². The van der Waals surface area contributed by atoms with Gasteiger partial charge in [0, 0.05) is 16.8 Å². The standard InChI is InChI=1S/C5H4BrN/c6-5-2-1-3-7-4-5/h1-4H/i1D,2D,4D. The van der Waals surface area contributed by atoms with Gasteiger partial charge in [-0.2, -0.15) is 0 Å². The molecule has 0 aliphatic rings. The van der Waals surface area contributed by atoms with Crippen molar-refractivity contribution in [3.63, 3.8) is 0 Å². The first-order chi connectivity index (χ1) is 4.63. The summed E-state index contributed by atoms with van der Waals surface area (Å²) in [5, 5.41) is 0. The Bertz CT molecular complexity index is 236. The quantitative estimate of drug-likeness (QED) is 0.565. The maximum atomic E-state index is 7.19. The minimum Gasteiger partial charge on any atom is -0.264 e. The van der Waals surface area contributed by atoms with Crippen LogP contribution in [0.15, 0.2) is 28.9 Å². The Hall–Kier alpha value is -0.370. The third kappa shape index (κ3) is 1.27. The Labute approximate surface area is 54.7 Å². The Morgan fingerprint density at radius 3 is 3.43 bits per heavy atom. The number of nitrogens with zero attached hydrogens (tertiary/aromatic N) is 1. The second-order valence-electron chi connectivity index (χ2n) is 0.953. The topological polar surface area (TPSA) is 12.9 Å². The van der Waals surface area contributed by atoms with Crippen LogP contribution in [0.4, 0.5) is 0 Å². The van der Waals surface area contributed by atoms with Crippen molar-refractivity contribution >= 4 is 15.9 Å². The lowest BCUT2D eigenvalue weighted by atomic mass is 10.5. The van der Waals surface area contributed by atoms with E-state index in [4.69, 9.17) is 4.11 Å². The molecule has 1 rings (SSSR count). The summed E-state index contributed by atoms with van der Waals surface area (Å²) in [6.07, 6.45) is 1.19. The smallest absolute Gasteiger partial charge is 0.0852 e. The van der Waals surface area contributed by atoms with Crippen LogP contribution in [-0.4, -0.2) is 4.98 Å². The SMILES string of the molecule is [2H]c1cnc([2H])c(Br)c1[2H]. The van der Waals surface area contributed by atoms with Gasteiger partial charge in [0.25, 0.3) is 0 Å². The number of hydrogen-bond acceptors (Lipinski definition) is 1. The van der Waals surface area contributed by atoms with Crippen LogP contribution in [-0.2, 0) is 0 Å². The lowest BCUT2D eigenvalue weighted by Gasteiger charge is -1.80. The van der Waals surface area contributed by atoms with E-state index in [0.717, 1.165) is 0 Å². The molecule has 0 aliphatic heterocycles. The largest absolute Gasteiger partial charge is 0.264 e. The minimum atomic E-state index is 0.000926. The van der Waals surface area contributed by atoms with Gasteiger partial charge in [0.05, 0.1) is 4.11 Å². The Kier molecular flexibility index (Phi) is 0.671. The van der Waals surface area contributed by atoms with Crippen LogP contribution in [0.5, 0.6) is 0 Å². The predicted molar refractivity (Wildman–Crippen MR) is 31.9 cm³/mol. The lowest BCUT2D eigenvalue weighted by molar-refractivity contribution is 1.31. The zero-order chi connectivity index (χ0) is 7.72. The van der Waals surface area contributed by atoms with Crippen molar-refractivity contribution in [1.82, 2.24) is 4.98 Å². The second-order valence-corrected chi connectivity index (χ2v) is 1.75. The van der Waals surface area contributed by atoms with Crippen LogP contribution >= 0.6 is 15.9 Å². The number of rotatable bonds is 0. The maximum absolute atomic E-state index is 7.19. The Morgan fingerprint density at radius 1 is 1.86 bits per heavy atom. The summed E-state index contributed by atoms with van der Waals surface area (Å²) < 4.78 is 21.7. The van der Waals surface area contributed by atoms with Gasteiger partial charge in [-0.25, -0.2) is 0 Å². The van der Waals surface area contributed by atoms with E-state index in [9.17, 15) is 0 Å². The molecule has 1 aromatic heterocycles. The fourth-order valence-corrected chi connectivity index (χ4v) is 0.462. The molecule has 1 aromatic rings. The molecular weight excluding hydrogens is 154 g/mol. The highest BCUT2D eigenvalue weighted by atomic mass is 79.9. The summed E-state index contributed by atoms with van der Waals surface area (Å²) in [7, 11) is 0. The van der Waals surface area contributed by atoms with E-state index in [1.165, 1.54) is 6.20 Å². The maximum Gasteiger partial charge on any atom is 0.0852 e. The summed E-state index contributed by atoms with van der Waals surface area (Å²) in [5.41, 5.74) is 0. The molecule has 0 atom stereocenters. The van der Waals surface area contributed by atoms with Crippen molar-refractivity contribution in [3.8, 4) is 0 Å². The Balaban J connectivity index is 3.34. The van der Waals surface area contributed by atoms with Gasteiger partial charge in [-0.15, -0.1) is 0 Å². The van der Waals surface area contributed by atoms with E-state index in [0.29, 0.717) is 0 Å². The van der Waals surface area contributed by atoms with Gasteiger partial charge in [0.1, 0.15) is 0 Å². The summed E-state index contributed by atoms with van der Waals surface area (Å²) in [4.78, 5) is 3.55. The van der Waals surface area contributed by atoms with Crippen LogP contribution < -0.4 is 0 Å². The molecule has 2 heteroatoms. The molecule has 0 bridgehead atoms. The summed E-state index contributed by atoms with van der Waals surface area (Å²) in [5.74, 6) is 0. The van der Waals surface area contributed by atoms with E-state index in [1.54, 1.807) is 0 Å². The lowest BCUT2D eigenvalue weighted by Crippen LogP contribution is -1.64. The van der Waals surface area contributed by atoms with Crippen LogP contribution in [0, 0.1) is 0 Å². The van der Waals surface area contributed by atoms with Crippen LogP contribution in [0.2, 0.25) is 0 Å². The number of aromatic nitrogens is 1. The Morgan fingerprint density at radius 2 is 2.71 bits per heavy atom. The molecule has 0 radical (unpaired) electrons. The molecule has 0 aromatic carbocycles. The zero-order valence-corrected chi connectivity index (χ0v) is 4.99. The normalized spacial score (nSPS) is 14.7. The monoisotopic (exact) mass is 160 g/mol. The highest BCUT2D eigenvalue weighted by Gasteiger charge is 1.75. The third-order valence-corrected chi connectivity index (χ3v) is 0.849. The molecule has 0 saturated carbocycles. The number of pyridine rings is 1. The first-order valence-corrected chi connectivity index (χ1v) is 2.50. The molecule has 0 fully saturated rings. The molecule has 1 heterocycles.